The van der Waals surface area contributed by atoms with Gasteiger partial charge in [-0.25, -0.2) is 4.79 Å². The minimum Gasteiger partial charge on any atom is -0.325 e. The zero-order valence-electron chi connectivity index (χ0n) is 18.0. The lowest BCUT2D eigenvalue weighted by molar-refractivity contribution is 0.0888. The van der Waals surface area contributed by atoms with E-state index in [1.54, 1.807) is 0 Å². The lowest BCUT2D eigenvalue weighted by Gasteiger charge is -2.41. The molecule has 0 radical (unpaired) electrons. The van der Waals surface area contributed by atoms with Crippen LogP contribution in [0, 0.1) is 17.8 Å². The number of nitrogens with zero attached hydrogens (tertiary/aromatic N) is 4. The Morgan fingerprint density at radius 1 is 0.778 bits per heavy atom. The van der Waals surface area contributed by atoms with Crippen LogP contribution in [0.15, 0.2) is 0 Å². The van der Waals surface area contributed by atoms with E-state index in [1.807, 2.05) is 0 Å². The Labute approximate surface area is 167 Å². The van der Waals surface area contributed by atoms with Crippen molar-refractivity contribution < 1.29 is 4.79 Å². The lowest BCUT2D eigenvalue weighted by atomic mass is 9.87. The molecule has 0 bridgehead atoms. The molecule has 0 aromatic heterocycles. The summed E-state index contributed by atoms with van der Waals surface area (Å²) in [5.41, 5.74) is 0. The third-order valence-electron chi connectivity index (χ3n) is 7.41. The fourth-order valence-corrected chi connectivity index (χ4v) is 5.02. The first-order valence-corrected chi connectivity index (χ1v) is 11.5. The van der Waals surface area contributed by atoms with Crippen molar-refractivity contribution in [3.05, 3.63) is 0 Å². The largest absolute Gasteiger partial charge is 0.325 e. The van der Waals surface area contributed by atoms with Crippen molar-refractivity contribution >= 4 is 6.03 Å². The second-order valence-corrected chi connectivity index (χ2v) is 9.37. The highest BCUT2D eigenvalue weighted by Crippen LogP contribution is 2.25. The number of carbonyl (C=O) groups is 1. The second kappa shape index (κ2) is 10.1. The Balaban J connectivity index is 1.32. The van der Waals surface area contributed by atoms with Crippen molar-refractivity contribution in [2.45, 2.75) is 52.9 Å². The van der Waals surface area contributed by atoms with Gasteiger partial charge >= 0.3 is 6.03 Å². The monoisotopic (exact) mass is 378 g/mol. The average molecular weight is 379 g/mol. The summed E-state index contributed by atoms with van der Waals surface area (Å²) < 4.78 is 0. The predicted molar refractivity (Wildman–Crippen MR) is 112 cm³/mol. The van der Waals surface area contributed by atoms with E-state index >= 15 is 0 Å². The Bertz CT molecular complexity index is 445. The fourth-order valence-electron chi connectivity index (χ4n) is 5.02. The summed E-state index contributed by atoms with van der Waals surface area (Å²) in [5, 5.41) is 0. The van der Waals surface area contributed by atoms with Gasteiger partial charge in [-0.1, -0.05) is 27.2 Å². The summed E-state index contributed by atoms with van der Waals surface area (Å²) in [4.78, 5) is 22.2. The van der Waals surface area contributed by atoms with E-state index < -0.39 is 0 Å². The van der Waals surface area contributed by atoms with Crippen LogP contribution in [0.25, 0.3) is 0 Å². The molecule has 156 valence electrons. The van der Waals surface area contributed by atoms with Gasteiger partial charge in [0, 0.05) is 52.4 Å². The Morgan fingerprint density at radius 2 is 1.30 bits per heavy atom. The van der Waals surface area contributed by atoms with Crippen LogP contribution < -0.4 is 0 Å². The molecule has 2 amide bonds. The highest BCUT2D eigenvalue weighted by Gasteiger charge is 2.29. The maximum atomic E-state index is 12.8. The molecule has 0 aliphatic carbocycles. The number of hydrogen-bond donors (Lipinski definition) is 0. The first kappa shape index (κ1) is 20.9. The number of likely N-dealkylation sites (tertiary alicyclic amines) is 2. The van der Waals surface area contributed by atoms with E-state index in [1.165, 1.54) is 58.3 Å². The Hall–Kier alpha value is -0.810. The molecule has 3 aliphatic rings. The summed E-state index contributed by atoms with van der Waals surface area (Å²) >= 11 is 0. The number of piperazine rings is 1. The zero-order chi connectivity index (χ0) is 19.2. The van der Waals surface area contributed by atoms with Gasteiger partial charge < -0.3 is 14.7 Å². The molecule has 0 saturated carbocycles. The Morgan fingerprint density at radius 3 is 1.81 bits per heavy atom. The number of hydrogen-bond acceptors (Lipinski definition) is 3. The van der Waals surface area contributed by atoms with E-state index in [-0.39, 0.29) is 0 Å². The van der Waals surface area contributed by atoms with Crippen LogP contribution in [-0.4, -0.2) is 91.1 Å². The minimum absolute atomic E-state index is 0.290. The van der Waals surface area contributed by atoms with Crippen LogP contribution in [-0.2, 0) is 0 Å². The van der Waals surface area contributed by atoms with Crippen LogP contribution in [0.2, 0.25) is 0 Å². The summed E-state index contributed by atoms with van der Waals surface area (Å²) in [6.07, 6.45) is 6.47. The molecule has 0 atom stereocenters. The molecule has 27 heavy (non-hydrogen) atoms. The summed E-state index contributed by atoms with van der Waals surface area (Å²) in [6, 6.07) is 0.290. The number of carbonyl (C=O) groups excluding carboxylic acids is 1. The van der Waals surface area contributed by atoms with Crippen molar-refractivity contribution in [3.8, 4) is 0 Å². The van der Waals surface area contributed by atoms with Crippen LogP contribution in [0.4, 0.5) is 4.79 Å². The molecule has 3 fully saturated rings. The topological polar surface area (TPSA) is 30.0 Å². The zero-order valence-corrected chi connectivity index (χ0v) is 18.0. The molecule has 3 saturated heterocycles. The van der Waals surface area contributed by atoms with Gasteiger partial charge in [-0.15, -0.1) is 0 Å². The third-order valence-corrected chi connectivity index (χ3v) is 7.41. The van der Waals surface area contributed by atoms with Gasteiger partial charge in [0.15, 0.2) is 0 Å². The number of piperidine rings is 2. The van der Waals surface area contributed by atoms with E-state index in [0.717, 1.165) is 57.0 Å². The van der Waals surface area contributed by atoms with Gasteiger partial charge in [0.25, 0.3) is 0 Å². The minimum atomic E-state index is 0.290. The molecule has 3 aliphatic heterocycles. The van der Waals surface area contributed by atoms with Crippen molar-refractivity contribution in [2.75, 3.05) is 65.4 Å². The van der Waals surface area contributed by atoms with Gasteiger partial charge in [-0.05, 0) is 56.5 Å². The van der Waals surface area contributed by atoms with Crippen molar-refractivity contribution in [1.29, 1.82) is 0 Å². The van der Waals surface area contributed by atoms with Crippen LogP contribution in [0.1, 0.15) is 52.9 Å². The van der Waals surface area contributed by atoms with Crippen molar-refractivity contribution in [3.63, 3.8) is 0 Å². The van der Waals surface area contributed by atoms with Crippen molar-refractivity contribution in [1.82, 2.24) is 19.6 Å². The van der Waals surface area contributed by atoms with Gasteiger partial charge in [-0.2, -0.15) is 0 Å². The maximum absolute atomic E-state index is 12.8. The van der Waals surface area contributed by atoms with Gasteiger partial charge in [0.05, 0.1) is 0 Å². The Kier molecular flexibility index (Phi) is 7.83. The molecule has 0 aromatic carbocycles. The molecule has 3 heterocycles. The number of rotatable bonds is 5. The van der Waals surface area contributed by atoms with Crippen LogP contribution in [0.5, 0.6) is 0 Å². The SMILES string of the molecule is CCC1CCN(CCN2CCN(C(=O)N3CCC(C(C)C)CC3)CC2)CC1. The molecule has 0 aromatic rings. The smallest absolute Gasteiger partial charge is 0.320 e. The second-order valence-electron chi connectivity index (χ2n) is 9.37. The molecule has 0 unspecified atom stereocenters. The number of urea groups is 1. The molecule has 0 N–H and O–H groups in total. The molecular weight excluding hydrogens is 336 g/mol. The molecular formula is C22H42N4O. The summed E-state index contributed by atoms with van der Waals surface area (Å²) in [5.74, 6) is 2.51. The predicted octanol–water partition coefficient (Wildman–Crippen LogP) is 3.21. The highest BCUT2D eigenvalue weighted by molar-refractivity contribution is 5.74. The molecule has 0 spiro atoms. The van der Waals surface area contributed by atoms with E-state index in [4.69, 9.17) is 0 Å². The van der Waals surface area contributed by atoms with Crippen LogP contribution >= 0.6 is 0 Å². The van der Waals surface area contributed by atoms with Crippen molar-refractivity contribution in [2.24, 2.45) is 17.8 Å². The first-order valence-electron chi connectivity index (χ1n) is 11.5. The molecule has 5 nitrogen and oxygen atoms in total. The molecule has 5 heteroatoms. The fraction of sp³-hybridized carbons (Fsp3) is 0.955. The number of amides is 2. The van der Waals surface area contributed by atoms with Gasteiger partial charge in [-0.3, -0.25) is 4.90 Å². The van der Waals surface area contributed by atoms with Crippen LogP contribution in [0.3, 0.4) is 0 Å². The van der Waals surface area contributed by atoms with E-state index in [9.17, 15) is 4.79 Å². The standard InChI is InChI=1S/C22H42N4O/c1-4-20-5-9-23(10-6-20)13-14-24-15-17-26(18-16-24)22(27)25-11-7-21(8-12-25)19(2)3/h19-21H,4-18H2,1-3H3. The normalized spacial score (nSPS) is 24.7. The highest BCUT2D eigenvalue weighted by atomic mass is 16.2. The van der Waals surface area contributed by atoms with E-state index in [2.05, 4.69) is 40.4 Å². The summed E-state index contributed by atoms with van der Waals surface area (Å²) in [7, 11) is 0. The lowest BCUT2D eigenvalue weighted by Crippen LogP contribution is -2.55. The quantitative estimate of drug-likeness (QED) is 0.736. The summed E-state index contributed by atoms with van der Waals surface area (Å²) in [6.45, 7) is 17.7. The average Bonchev–Trinajstić information content (AvgIpc) is 2.72. The van der Waals surface area contributed by atoms with Gasteiger partial charge in [0.2, 0.25) is 0 Å². The molecule has 3 rings (SSSR count). The van der Waals surface area contributed by atoms with Gasteiger partial charge in [0.1, 0.15) is 0 Å². The third kappa shape index (κ3) is 5.83. The first-order chi connectivity index (χ1) is 13.1. The van der Waals surface area contributed by atoms with E-state index in [0.29, 0.717) is 6.03 Å². The maximum Gasteiger partial charge on any atom is 0.320 e.